The highest BCUT2D eigenvalue weighted by molar-refractivity contribution is 7.87. The Morgan fingerprint density at radius 1 is 1.40 bits per heavy atom. The third-order valence-corrected chi connectivity index (χ3v) is 4.60. The van der Waals surface area contributed by atoms with Crippen LogP contribution in [0.4, 0.5) is 0 Å². The van der Waals surface area contributed by atoms with E-state index in [1.165, 1.54) is 4.31 Å². The van der Waals surface area contributed by atoms with Crippen LogP contribution in [0.25, 0.3) is 0 Å². The molecule has 1 fully saturated rings. The van der Waals surface area contributed by atoms with Crippen LogP contribution in [0, 0.1) is 11.8 Å². The average Bonchev–Trinajstić information content (AvgIpc) is 3.21. The Hall–Kier alpha value is -1.39. The maximum atomic E-state index is 12.0. The zero-order valence-corrected chi connectivity index (χ0v) is 12.2. The molecule has 0 bridgehead atoms. The van der Waals surface area contributed by atoms with E-state index in [0.717, 1.165) is 24.0 Å². The normalized spacial score (nSPS) is 14.9. The maximum absolute atomic E-state index is 12.0. The SMILES string of the molecule is CN(Cc1ccccc1C#CCO)S(=O)(=O)NC1CC1. The largest absolute Gasteiger partial charge is 0.384 e. The second-order valence-electron chi connectivity index (χ2n) is 4.77. The van der Waals surface area contributed by atoms with Crippen LogP contribution in [-0.4, -0.2) is 37.5 Å². The zero-order chi connectivity index (χ0) is 14.6. The standard InChI is InChI=1S/C14H18N2O3S/c1-16(20(18,19)15-14-8-9-14)11-13-6-3-2-5-12(13)7-4-10-17/h2-3,5-6,14-15,17H,8-11H2,1H3. The number of hydrogen-bond donors (Lipinski definition) is 2. The van der Waals surface area contributed by atoms with E-state index in [1.807, 2.05) is 24.3 Å². The van der Waals surface area contributed by atoms with E-state index in [-0.39, 0.29) is 19.2 Å². The van der Waals surface area contributed by atoms with Crippen LogP contribution < -0.4 is 4.72 Å². The van der Waals surface area contributed by atoms with Crippen molar-refractivity contribution in [2.45, 2.75) is 25.4 Å². The molecule has 0 aromatic heterocycles. The summed E-state index contributed by atoms with van der Waals surface area (Å²) in [6.45, 7) is 0.0318. The summed E-state index contributed by atoms with van der Waals surface area (Å²) in [5.74, 6) is 5.41. The summed E-state index contributed by atoms with van der Waals surface area (Å²) in [6, 6.07) is 7.42. The van der Waals surface area contributed by atoms with Gasteiger partial charge in [-0.1, -0.05) is 30.0 Å². The fraction of sp³-hybridized carbons (Fsp3) is 0.429. The summed E-state index contributed by atoms with van der Waals surface area (Å²) in [5, 5.41) is 8.75. The number of hydrogen-bond acceptors (Lipinski definition) is 3. The van der Waals surface area contributed by atoms with Crippen molar-refractivity contribution in [1.29, 1.82) is 0 Å². The number of nitrogens with one attached hydrogen (secondary N) is 1. The lowest BCUT2D eigenvalue weighted by atomic mass is 10.1. The van der Waals surface area contributed by atoms with E-state index >= 15 is 0 Å². The molecule has 108 valence electrons. The lowest BCUT2D eigenvalue weighted by Crippen LogP contribution is -2.39. The molecule has 0 spiro atoms. The van der Waals surface area contributed by atoms with Gasteiger partial charge in [-0.3, -0.25) is 0 Å². The van der Waals surface area contributed by atoms with Crippen molar-refractivity contribution in [2.24, 2.45) is 0 Å². The predicted molar refractivity (Wildman–Crippen MR) is 77.0 cm³/mol. The van der Waals surface area contributed by atoms with Crippen LogP contribution in [0.1, 0.15) is 24.0 Å². The average molecular weight is 294 g/mol. The molecule has 1 aromatic carbocycles. The van der Waals surface area contributed by atoms with E-state index in [9.17, 15) is 8.42 Å². The summed E-state index contributed by atoms with van der Waals surface area (Å²) in [7, 11) is -1.90. The van der Waals surface area contributed by atoms with E-state index in [1.54, 1.807) is 7.05 Å². The number of rotatable bonds is 5. The molecular formula is C14H18N2O3S. The van der Waals surface area contributed by atoms with Crippen molar-refractivity contribution in [3.05, 3.63) is 35.4 Å². The van der Waals surface area contributed by atoms with Gasteiger partial charge in [-0.2, -0.15) is 17.4 Å². The van der Waals surface area contributed by atoms with Crippen LogP contribution in [0.3, 0.4) is 0 Å². The van der Waals surface area contributed by atoms with Gasteiger partial charge in [0.2, 0.25) is 0 Å². The smallest absolute Gasteiger partial charge is 0.279 e. The molecule has 0 amide bonds. The Kier molecular flexibility index (Phi) is 4.78. The number of benzene rings is 1. The fourth-order valence-corrected chi connectivity index (χ4v) is 2.89. The molecule has 1 aliphatic rings. The van der Waals surface area contributed by atoms with Crippen LogP contribution in [-0.2, 0) is 16.8 Å². The van der Waals surface area contributed by atoms with Crippen LogP contribution >= 0.6 is 0 Å². The molecule has 5 nitrogen and oxygen atoms in total. The molecule has 6 heteroatoms. The van der Waals surface area contributed by atoms with Gasteiger partial charge in [0, 0.05) is 25.2 Å². The monoisotopic (exact) mass is 294 g/mol. The number of aliphatic hydroxyl groups excluding tert-OH is 1. The van der Waals surface area contributed by atoms with Crippen molar-refractivity contribution >= 4 is 10.2 Å². The summed E-state index contributed by atoms with van der Waals surface area (Å²) in [5.41, 5.74) is 1.55. The van der Waals surface area contributed by atoms with Crippen LogP contribution in [0.2, 0.25) is 0 Å². The van der Waals surface area contributed by atoms with Gasteiger partial charge >= 0.3 is 0 Å². The van der Waals surface area contributed by atoms with E-state index in [2.05, 4.69) is 16.6 Å². The summed E-state index contributed by atoms with van der Waals surface area (Å²) in [6.07, 6.45) is 1.82. The molecule has 0 atom stereocenters. The Bertz CT molecular complexity index is 627. The summed E-state index contributed by atoms with van der Waals surface area (Å²) in [4.78, 5) is 0. The Morgan fingerprint density at radius 2 is 2.10 bits per heavy atom. The zero-order valence-electron chi connectivity index (χ0n) is 11.3. The first-order chi connectivity index (χ1) is 9.53. The Labute approximate surface area is 119 Å². The second kappa shape index (κ2) is 6.37. The molecule has 0 aliphatic heterocycles. The van der Waals surface area contributed by atoms with Crippen molar-refractivity contribution in [3.8, 4) is 11.8 Å². The second-order valence-corrected chi connectivity index (χ2v) is 6.58. The minimum atomic E-state index is -3.45. The fourth-order valence-electron chi connectivity index (χ4n) is 1.74. The minimum Gasteiger partial charge on any atom is -0.384 e. The Morgan fingerprint density at radius 3 is 2.75 bits per heavy atom. The van der Waals surface area contributed by atoms with Crippen LogP contribution in [0.15, 0.2) is 24.3 Å². The quantitative estimate of drug-likeness (QED) is 0.775. The van der Waals surface area contributed by atoms with Gasteiger partial charge in [-0.15, -0.1) is 0 Å². The van der Waals surface area contributed by atoms with Gasteiger partial charge < -0.3 is 5.11 Å². The maximum Gasteiger partial charge on any atom is 0.279 e. The molecule has 1 aromatic rings. The first kappa shape index (κ1) is 15.0. The lowest BCUT2D eigenvalue weighted by molar-refractivity contribution is 0.350. The van der Waals surface area contributed by atoms with E-state index in [4.69, 9.17) is 5.11 Å². The molecule has 0 heterocycles. The van der Waals surface area contributed by atoms with Crippen LogP contribution in [0.5, 0.6) is 0 Å². The third-order valence-electron chi connectivity index (χ3n) is 3.02. The molecule has 2 N–H and O–H groups in total. The summed E-state index contributed by atoms with van der Waals surface area (Å²) >= 11 is 0. The predicted octanol–water partition coefficient (Wildman–Crippen LogP) is 0.459. The van der Waals surface area contributed by atoms with Gasteiger partial charge in [-0.05, 0) is 24.5 Å². The van der Waals surface area contributed by atoms with Gasteiger partial charge in [0.05, 0.1) is 0 Å². The van der Waals surface area contributed by atoms with Crippen molar-refractivity contribution in [3.63, 3.8) is 0 Å². The van der Waals surface area contributed by atoms with Crippen molar-refractivity contribution in [2.75, 3.05) is 13.7 Å². The Balaban J connectivity index is 2.12. The highest BCUT2D eigenvalue weighted by Crippen LogP contribution is 2.21. The highest BCUT2D eigenvalue weighted by atomic mass is 32.2. The minimum absolute atomic E-state index is 0.0897. The van der Waals surface area contributed by atoms with Crippen molar-refractivity contribution < 1.29 is 13.5 Å². The highest BCUT2D eigenvalue weighted by Gasteiger charge is 2.29. The molecular weight excluding hydrogens is 276 g/mol. The molecule has 20 heavy (non-hydrogen) atoms. The molecule has 1 saturated carbocycles. The van der Waals surface area contributed by atoms with E-state index in [0.29, 0.717) is 0 Å². The molecule has 1 aliphatic carbocycles. The lowest BCUT2D eigenvalue weighted by Gasteiger charge is -2.18. The van der Waals surface area contributed by atoms with Gasteiger partial charge in [0.1, 0.15) is 6.61 Å². The van der Waals surface area contributed by atoms with Crippen molar-refractivity contribution in [1.82, 2.24) is 9.03 Å². The topological polar surface area (TPSA) is 69.6 Å². The van der Waals surface area contributed by atoms with Gasteiger partial charge in [-0.25, -0.2) is 0 Å². The first-order valence-corrected chi connectivity index (χ1v) is 7.88. The molecule has 0 unspecified atom stereocenters. The number of aliphatic hydroxyl groups is 1. The first-order valence-electron chi connectivity index (χ1n) is 6.44. The van der Waals surface area contributed by atoms with E-state index < -0.39 is 10.2 Å². The van der Waals surface area contributed by atoms with Gasteiger partial charge in [0.15, 0.2) is 0 Å². The summed E-state index contributed by atoms with van der Waals surface area (Å²) < 4.78 is 28.0. The third kappa shape index (κ3) is 4.05. The molecule has 2 rings (SSSR count). The van der Waals surface area contributed by atoms with Gasteiger partial charge in [0.25, 0.3) is 10.2 Å². The number of nitrogens with zero attached hydrogens (tertiary/aromatic N) is 1. The molecule has 0 radical (unpaired) electrons. The molecule has 0 saturated heterocycles.